The first-order valence-corrected chi connectivity index (χ1v) is 8.56. The smallest absolute Gasteiger partial charge is 0.340 e. The SMILES string of the molecule is COc1ccc(C=O)c(C(=O)OC(C)(c2ccccc2)c2ccccc2)c1. The van der Waals surface area contributed by atoms with Crippen molar-refractivity contribution in [2.75, 3.05) is 7.11 Å². The highest BCUT2D eigenvalue weighted by molar-refractivity contribution is 5.99. The van der Waals surface area contributed by atoms with E-state index in [0.29, 0.717) is 12.0 Å². The van der Waals surface area contributed by atoms with Gasteiger partial charge in [0.1, 0.15) is 5.75 Å². The molecule has 0 aliphatic heterocycles. The zero-order chi connectivity index (χ0) is 19.3. The molecule has 0 heterocycles. The van der Waals surface area contributed by atoms with E-state index in [4.69, 9.17) is 9.47 Å². The van der Waals surface area contributed by atoms with Crippen LogP contribution >= 0.6 is 0 Å². The second-order valence-electron chi connectivity index (χ2n) is 6.23. The summed E-state index contributed by atoms with van der Waals surface area (Å²) in [5, 5.41) is 0. The maximum atomic E-state index is 13.0. The van der Waals surface area contributed by atoms with E-state index in [9.17, 15) is 9.59 Å². The van der Waals surface area contributed by atoms with Gasteiger partial charge in [-0.2, -0.15) is 0 Å². The number of carbonyl (C=O) groups excluding carboxylic acids is 2. The average Bonchev–Trinajstić information content (AvgIpc) is 2.74. The van der Waals surface area contributed by atoms with Crippen LogP contribution in [0.3, 0.4) is 0 Å². The molecule has 3 rings (SSSR count). The Bertz CT molecular complexity index is 894. The number of ether oxygens (including phenoxy) is 2. The molecule has 0 bridgehead atoms. The molecular weight excluding hydrogens is 340 g/mol. The van der Waals surface area contributed by atoms with Crippen LogP contribution in [0.4, 0.5) is 0 Å². The first kappa shape index (κ1) is 18.4. The molecule has 4 heteroatoms. The molecule has 27 heavy (non-hydrogen) atoms. The van der Waals surface area contributed by atoms with Gasteiger partial charge in [-0.15, -0.1) is 0 Å². The molecule has 0 aromatic heterocycles. The van der Waals surface area contributed by atoms with Crippen LogP contribution in [0.25, 0.3) is 0 Å². The van der Waals surface area contributed by atoms with E-state index < -0.39 is 11.6 Å². The molecule has 0 aliphatic carbocycles. The van der Waals surface area contributed by atoms with Gasteiger partial charge >= 0.3 is 5.97 Å². The van der Waals surface area contributed by atoms with Gasteiger partial charge in [-0.25, -0.2) is 4.79 Å². The molecule has 0 atom stereocenters. The van der Waals surface area contributed by atoms with Gasteiger partial charge in [0.15, 0.2) is 11.9 Å². The lowest BCUT2D eigenvalue weighted by Gasteiger charge is -2.31. The van der Waals surface area contributed by atoms with Crippen LogP contribution in [0.5, 0.6) is 5.75 Å². The van der Waals surface area contributed by atoms with Crippen LogP contribution < -0.4 is 4.74 Å². The molecule has 0 spiro atoms. The maximum Gasteiger partial charge on any atom is 0.340 e. The molecule has 0 fully saturated rings. The highest BCUT2D eigenvalue weighted by Gasteiger charge is 2.34. The van der Waals surface area contributed by atoms with E-state index in [2.05, 4.69) is 0 Å². The van der Waals surface area contributed by atoms with Crippen molar-refractivity contribution in [1.82, 2.24) is 0 Å². The molecule has 0 aliphatic rings. The number of rotatable bonds is 6. The van der Waals surface area contributed by atoms with Crippen molar-refractivity contribution in [3.63, 3.8) is 0 Å². The van der Waals surface area contributed by atoms with Gasteiger partial charge in [0, 0.05) is 5.56 Å². The third kappa shape index (κ3) is 3.75. The van der Waals surface area contributed by atoms with Crippen LogP contribution in [0.15, 0.2) is 78.9 Å². The summed E-state index contributed by atoms with van der Waals surface area (Å²) < 4.78 is 11.2. The van der Waals surface area contributed by atoms with E-state index >= 15 is 0 Å². The van der Waals surface area contributed by atoms with Crippen molar-refractivity contribution < 1.29 is 19.1 Å². The minimum absolute atomic E-state index is 0.169. The minimum Gasteiger partial charge on any atom is -0.497 e. The van der Waals surface area contributed by atoms with Crippen LogP contribution in [-0.4, -0.2) is 19.4 Å². The van der Waals surface area contributed by atoms with Crippen molar-refractivity contribution in [2.45, 2.75) is 12.5 Å². The number of esters is 1. The topological polar surface area (TPSA) is 52.6 Å². The third-order valence-corrected chi connectivity index (χ3v) is 4.55. The summed E-state index contributed by atoms with van der Waals surface area (Å²) in [5.41, 5.74) is 1.08. The van der Waals surface area contributed by atoms with E-state index in [1.807, 2.05) is 67.6 Å². The molecule has 0 saturated carbocycles. The van der Waals surface area contributed by atoms with Crippen molar-refractivity contribution in [3.05, 3.63) is 101 Å². The van der Waals surface area contributed by atoms with Crippen LogP contribution in [-0.2, 0) is 10.3 Å². The Morgan fingerprint density at radius 1 is 0.889 bits per heavy atom. The Balaban J connectivity index is 2.06. The van der Waals surface area contributed by atoms with Crippen molar-refractivity contribution in [2.24, 2.45) is 0 Å². The lowest BCUT2D eigenvalue weighted by molar-refractivity contribution is 0.00600. The van der Waals surface area contributed by atoms with Gasteiger partial charge in [0.05, 0.1) is 12.7 Å². The quantitative estimate of drug-likeness (QED) is 0.475. The molecule has 0 amide bonds. The van der Waals surface area contributed by atoms with Gasteiger partial charge in [-0.05, 0) is 36.2 Å². The Kier molecular flexibility index (Phi) is 5.36. The van der Waals surface area contributed by atoms with Crippen molar-refractivity contribution >= 4 is 12.3 Å². The predicted molar refractivity (Wildman–Crippen MR) is 103 cm³/mol. The number of benzene rings is 3. The monoisotopic (exact) mass is 360 g/mol. The lowest BCUT2D eigenvalue weighted by atomic mass is 9.88. The number of aldehydes is 1. The molecule has 0 radical (unpaired) electrons. The summed E-state index contributed by atoms with van der Waals surface area (Å²) in [4.78, 5) is 24.4. The summed E-state index contributed by atoms with van der Waals surface area (Å²) in [6, 6.07) is 23.7. The summed E-state index contributed by atoms with van der Waals surface area (Å²) in [6.45, 7) is 1.84. The Hall–Kier alpha value is -3.40. The normalized spacial score (nSPS) is 10.9. The van der Waals surface area contributed by atoms with E-state index in [1.54, 1.807) is 12.1 Å². The molecule has 0 N–H and O–H groups in total. The van der Waals surface area contributed by atoms with Crippen LogP contribution in [0.2, 0.25) is 0 Å². The summed E-state index contributed by atoms with van der Waals surface area (Å²) in [7, 11) is 1.50. The van der Waals surface area contributed by atoms with Gasteiger partial charge in [0.25, 0.3) is 0 Å². The number of hydrogen-bond acceptors (Lipinski definition) is 4. The van der Waals surface area contributed by atoms with Gasteiger partial charge in [0.2, 0.25) is 0 Å². The summed E-state index contributed by atoms with van der Waals surface area (Å²) in [5.74, 6) is -0.111. The molecule has 136 valence electrons. The fourth-order valence-electron chi connectivity index (χ4n) is 2.98. The number of carbonyl (C=O) groups is 2. The first-order valence-electron chi connectivity index (χ1n) is 8.56. The third-order valence-electron chi connectivity index (χ3n) is 4.55. The van der Waals surface area contributed by atoms with Crippen molar-refractivity contribution in [3.8, 4) is 5.75 Å². The fraction of sp³-hybridized carbons (Fsp3) is 0.130. The van der Waals surface area contributed by atoms with Gasteiger partial charge < -0.3 is 9.47 Å². The van der Waals surface area contributed by atoms with Gasteiger partial charge in [-0.3, -0.25) is 4.79 Å². The maximum absolute atomic E-state index is 13.0. The molecular formula is C23H20O4. The van der Waals surface area contributed by atoms with E-state index in [-0.39, 0.29) is 11.1 Å². The first-order chi connectivity index (χ1) is 13.1. The molecule has 3 aromatic carbocycles. The summed E-state index contributed by atoms with van der Waals surface area (Å²) >= 11 is 0. The molecule has 0 unspecified atom stereocenters. The zero-order valence-electron chi connectivity index (χ0n) is 15.2. The fourth-order valence-corrected chi connectivity index (χ4v) is 2.98. The highest BCUT2D eigenvalue weighted by Crippen LogP contribution is 2.34. The van der Waals surface area contributed by atoms with E-state index in [0.717, 1.165) is 11.1 Å². The molecule has 0 saturated heterocycles. The predicted octanol–water partition coefficient (Wildman–Crippen LogP) is 4.63. The Morgan fingerprint density at radius 3 is 1.93 bits per heavy atom. The second-order valence-corrected chi connectivity index (χ2v) is 6.23. The highest BCUT2D eigenvalue weighted by atomic mass is 16.6. The molecule has 3 aromatic rings. The van der Waals surface area contributed by atoms with Crippen molar-refractivity contribution in [1.29, 1.82) is 0 Å². The zero-order valence-corrected chi connectivity index (χ0v) is 15.2. The average molecular weight is 360 g/mol. The number of methoxy groups -OCH3 is 1. The minimum atomic E-state index is -1.01. The molecule has 4 nitrogen and oxygen atoms in total. The largest absolute Gasteiger partial charge is 0.497 e. The van der Waals surface area contributed by atoms with Gasteiger partial charge in [-0.1, -0.05) is 60.7 Å². The van der Waals surface area contributed by atoms with Crippen LogP contribution in [0, 0.1) is 0 Å². The van der Waals surface area contributed by atoms with E-state index in [1.165, 1.54) is 13.2 Å². The second kappa shape index (κ2) is 7.87. The standard InChI is InChI=1S/C23H20O4/c1-23(18-9-5-3-6-10-18,19-11-7-4-8-12-19)27-22(25)21-15-20(26-2)14-13-17(21)16-24/h3-16H,1-2H3. The summed E-state index contributed by atoms with van der Waals surface area (Å²) in [6.07, 6.45) is 0.637. The Morgan fingerprint density at radius 2 is 1.44 bits per heavy atom. The lowest BCUT2D eigenvalue weighted by Crippen LogP contribution is -2.31. The Labute approximate surface area is 158 Å². The number of hydrogen-bond donors (Lipinski definition) is 0. The van der Waals surface area contributed by atoms with Crippen LogP contribution in [0.1, 0.15) is 38.8 Å².